The number of alkyl carbamates (subject to hydrolysis) is 1. The van der Waals surface area contributed by atoms with Crippen molar-refractivity contribution in [1.29, 1.82) is 0 Å². The van der Waals surface area contributed by atoms with Gasteiger partial charge in [-0.25, -0.2) is 18.4 Å². The fourth-order valence-electron chi connectivity index (χ4n) is 5.05. The lowest BCUT2D eigenvalue weighted by atomic mass is 9.85. The topological polar surface area (TPSA) is 105 Å². The van der Waals surface area contributed by atoms with E-state index in [9.17, 15) is 23.2 Å². The Morgan fingerprint density at radius 3 is 2.23 bits per heavy atom. The van der Waals surface area contributed by atoms with Gasteiger partial charge >= 0.3 is 12.1 Å². The van der Waals surface area contributed by atoms with Gasteiger partial charge in [-0.05, 0) is 41.5 Å². The number of nitrogens with one attached hydrogen (secondary N) is 2. The van der Waals surface area contributed by atoms with Crippen LogP contribution in [0.4, 0.5) is 13.6 Å². The second-order valence-corrected chi connectivity index (χ2v) is 9.06. The number of aliphatic carboxylic acids is 1. The van der Waals surface area contributed by atoms with E-state index in [0.717, 1.165) is 22.3 Å². The lowest BCUT2D eigenvalue weighted by Gasteiger charge is -2.29. The molecule has 1 saturated carbocycles. The van der Waals surface area contributed by atoms with Crippen molar-refractivity contribution in [2.75, 3.05) is 6.61 Å². The molecule has 4 rings (SSSR count). The molecule has 2 aliphatic carbocycles. The molecule has 35 heavy (non-hydrogen) atoms. The highest BCUT2D eigenvalue weighted by molar-refractivity contribution is 5.85. The number of hydrogen-bond acceptors (Lipinski definition) is 4. The van der Waals surface area contributed by atoms with Crippen LogP contribution in [-0.2, 0) is 14.3 Å². The maximum atomic E-state index is 12.6. The lowest BCUT2D eigenvalue weighted by molar-refractivity contribution is -0.143. The molecule has 0 aliphatic heterocycles. The zero-order valence-corrected chi connectivity index (χ0v) is 19.1. The molecule has 7 nitrogen and oxygen atoms in total. The van der Waals surface area contributed by atoms with Crippen LogP contribution in [0.3, 0.4) is 0 Å². The molecule has 2 aromatic rings. The largest absolute Gasteiger partial charge is 0.480 e. The first-order valence-electron chi connectivity index (χ1n) is 11.8. The van der Waals surface area contributed by atoms with E-state index >= 15 is 0 Å². The minimum Gasteiger partial charge on any atom is -0.480 e. The summed E-state index contributed by atoms with van der Waals surface area (Å²) in [4.78, 5) is 36.2. The van der Waals surface area contributed by atoms with Gasteiger partial charge in [0.15, 0.2) is 0 Å². The molecule has 9 heteroatoms. The van der Waals surface area contributed by atoms with E-state index in [2.05, 4.69) is 22.8 Å². The van der Waals surface area contributed by atoms with Crippen LogP contribution < -0.4 is 10.6 Å². The molecule has 0 aromatic heterocycles. The van der Waals surface area contributed by atoms with Crippen molar-refractivity contribution >= 4 is 18.0 Å². The predicted molar refractivity (Wildman–Crippen MR) is 124 cm³/mol. The Balaban J connectivity index is 1.31. The van der Waals surface area contributed by atoms with Crippen LogP contribution in [0.2, 0.25) is 0 Å². The van der Waals surface area contributed by atoms with Gasteiger partial charge in [-0.3, -0.25) is 4.79 Å². The average molecular weight is 487 g/mol. The fourth-order valence-corrected chi connectivity index (χ4v) is 5.05. The van der Waals surface area contributed by atoms with Crippen molar-refractivity contribution in [3.8, 4) is 11.1 Å². The van der Waals surface area contributed by atoms with Gasteiger partial charge < -0.3 is 20.5 Å². The van der Waals surface area contributed by atoms with Crippen LogP contribution in [-0.4, -0.2) is 48.2 Å². The van der Waals surface area contributed by atoms with E-state index < -0.39 is 42.8 Å². The number of halogens is 2. The summed E-state index contributed by atoms with van der Waals surface area (Å²) in [5.74, 6) is -2.72. The molecular formula is C26H28F2N2O5. The van der Waals surface area contributed by atoms with E-state index in [1.165, 1.54) is 0 Å². The fraction of sp³-hybridized carbons (Fsp3) is 0.423. The molecule has 0 bridgehead atoms. The first kappa shape index (κ1) is 24.6. The summed E-state index contributed by atoms with van der Waals surface area (Å²) in [6.45, 7) is 0.171. The van der Waals surface area contributed by atoms with Gasteiger partial charge in [0, 0.05) is 24.3 Å². The number of ether oxygens (including phenoxy) is 1. The summed E-state index contributed by atoms with van der Waals surface area (Å²) in [7, 11) is 0. The van der Waals surface area contributed by atoms with Crippen molar-refractivity contribution in [2.24, 2.45) is 5.92 Å². The second kappa shape index (κ2) is 10.8. The standard InChI is InChI=1S/C26H28F2N2O5/c27-23(28)13-22(25(32)33)30-24(31)15-6-5-7-16(12-15)29-26(34)35-14-21-19-10-3-1-8-17(19)18-9-2-4-11-20(18)21/h1-4,8-11,15-16,21-23H,5-7,12-14H2,(H,29,34)(H,30,31)(H,32,33). The molecule has 3 unspecified atom stereocenters. The zero-order chi connectivity index (χ0) is 24.9. The number of carbonyl (C=O) groups excluding carboxylic acids is 2. The maximum Gasteiger partial charge on any atom is 0.407 e. The SMILES string of the molecule is O=C(NC1CCCC(C(=O)NC(CC(F)F)C(=O)O)C1)OCC1c2ccccc2-c2ccccc21. The third kappa shape index (κ3) is 5.78. The van der Waals surface area contributed by atoms with E-state index in [0.29, 0.717) is 19.3 Å². The zero-order valence-electron chi connectivity index (χ0n) is 19.1. The van der Waals surface area contributed by atoms with E-state index in [1.807, 2.05) is 36.4 Å². The van der Waals surface area contributed by atoms with Crippen LogP contribution in [0.1, 0.15) is 49.1 Å². The van der Waals surface area contributed by atoms with Crippen molar-refractivity contribution in [1.82, 2.24) is 10.6 Å². The van der Waals surface area contributed by atoms with E-state index in [4.69, 9.17) is 9.84 Å². The molecule has 3 atom stereocenters. The Kier molecular flexibility index (Phi) is 7.63. The smallest absolute Gasteiger partial charge is 0.407 e. The summed E-state index contributed by atoms with van der Waals surface area (Å²) in [6, 6.07) is 14.1. The molecule has 1 fully saturated rings. The Hall–Kier alpha value is -3.49. The van der Waals surface area contributed by atoms with Crippen molar-refractivity contribution in [2.45, 2.75) is 56.5 Å². The van der Waals surface area contributed by atoms with Gasteiger partial charge in [0.25, 0.3) is 0 Å². The molecule has 2 amide bonds. The number of carboxylic acid groups (broad SMARTS) is 1. The molecule has 0 radical (unpaired) electrons. The Morgan fingerprint density at radius 1 is 1.00 bits per heavy atom. The third-order valence-corrected chi connectivity index (χ3v) is 6.74. The molecule has 0 saturated heterocycles. The van der Waals surface area contributed by atoms with Crippen molar-refractivity contribution < 1.29 is 33.0 Å². The average Bonchev–Trinajstić information content (AvgIpc) is 3.16. The minimum absolute atomic E-state index is 0.0687. The summed E-state index contributed by atoms with van der Waals surface area (Å²) < 4.78 is 30.8. The number of rotatable bonds is 8. The Labute approximate surface area is 201 Å². The number of fused-ring (bicyclic) bond motifs is 3. The maximum absolute atomic E-state index is 12.6. The Morgan fingerprint density at radius 2 is 1.63 bits per heavy atom. The van der Waals surface area contributed by atoms with Gasteiger partial charge in [0.1, 0.15) is 12.6 Å². The normalized spacial score (nSPS) is 20.0. The van der Waals surface area contributed by atoms with Crippen LogP contribution in [0.15, 0.2) is 48.5 Å². The van der Waals surface area contributed by atoms with Crippen molar-refractivity contribution in [3.63, 3.8) is 0 Å². The quantitative estimate of drug-likeness (QED) is 0.516. The summed E-state index contributed by atoms with van der Waals surface area (Å²) in [5.41, 5.74) is 4.47. The highest BCUT2D eigenvalue weighted by Gasteiger charge is 2.33. The van der Waals surface area contributed by atoms with Gasteiger partial charge in [-0.2, -0.15) is 0 Å². The molecule has 2 aromatic carbocycles. The van der Waals surface area contributed by atoms with Crippen LogP contribution in [0.25, 0.3) is 11.1 Å². The van der Waals surface area contributed by atoms with Gasteiger partial charge in [0.2, 0.25) is 12.3 Å². The number of alkyl halides is 2. The summed E-state index contributed by atoms with van der Waals surface area (Å²) in [6.07, 6.45) is -2.31. The number of hydrogen-bond donors (Lipinski definition) is 3. The van der Waals surface area contributed by atoms with Crippen molar-refractivity contribution in [3.05, 3.63) is 59.7 Å². The third-order valence-electron chi connectivity index (χ3n) is 6.74. The molecule has 186 valence electrons. The van der Waals surface area contributed by atoms with Gasteiger partial charge in [-0.1, -0.05) is 55.0 Å². The van der Waals surface area contributed by atoms with Crippen LogP contribution in [0.5, 0.6) is 0 Å². The second-order valence-electron chi connectivity index (χ2n) is 9.06. The monoisotopic (exact) mass is 486 g/mol. The van der Waals surface area contributed by atoms with Crippen LogP contribution >= 0.6 is 0 Å². The van der Waals surface area contributed by atoms with Crippen LogP contribution in [0, 0.1) is 5.92 Å². The number of benzene rings is 2. The van der Waals surface area contributed by atoms with Gasteiger partial charge in [-0.15, -0.1) is 0 Å². The van der Waals surface area contributed by atoms with E-state index in [1.54, 1.807) is 0 Å². The first-order valence-corrected chi connectivity index (χ1v) is 11.8. The molecule has 3 N–H and O–H groups in total. The highest BCUT2D eigenvalue weighted by Crippen LogP contribution is 2.44. The summed E-state index contributed by atoms with van der Waals surface area (Å²) >= 11 is 0. The minimum atomic E-state index is -2.84. The Bertz CT molecular complexity index is 1050. The molecule has 0 heterocycles. The molecular weight excluding hydrogens is 458 g/mol. The summed E-state index contributed by atoms with van der Waals surface area (Å²) in [5, 5.41) is 14.1. The molecule has 0 spiro atoms. The highest BCUT2D eigenvalue weighted by atomic mass is 19.3. The predicted octanol–water partition coefficient (Wildman–Crippen LogP) is 4.31. The lowest BCUT2D eigenvalue weighted by Crippen LogP contribution is -2.47. The van der Waals surface area contributed by atoms with E-state index in [-0.39, 0.29) is 25.0 Å². The number of carboxylic acids is 1. The molecule has 2 aliphatic rings. The number of amides is 2. The first-order chi connectivity index (χ1) is 16.8. The van der Waals surface area contributed by atoms with Gasteiger partial charge in [0.05, 0.1) is 0 Å². The number of carbonyl (C=O) groups is 3.